The van der Waals surface area contributed by atoms with Gasteiger partial charge in [-0.3, -0.25) is 9.69 Å². The van der Waals surface area contributed by atoms with Crippen molar-refractivity contribution in [2.45, 2.75) is 11.1 Å². The molecule has 1 amide bonds. The number of thiazole rings is 1. The van der Waals surface area contributed by atoms with Gasteiger partial charge in [0.05, 0.1) is 15.8 Å². The Hall–Kier alpha value is -1.81. The van der Waals surface area contributed by atoms with Gasteiger partial charge >= 0.3 is 6.18 Å². The predicted octanol–water partition coefficient (Wildman–Crippen LogP) is 5.67. The molecular formula is C20H21ClF3N3OS2. The van der Waals surface area contributed by atoms with Gasteiger partial charge in [0.25, 0.3) is 5.91 Å². The molecule has 0 bridgehead atoms. The van der Waals surface area contributed by atoms with E-state index in [4.69, 9.17) is 0 Å². The van der Waals surface area contributed by atoms with Crippen molar-refractivity contribution in [3.8, 4) is 0 Å². The number of hydrogen-bond acceptors (Lipinski definition) is 5. The molecule has 30 heavy (non-hydrogen) atoms. The first-order valence-corrected chi connectivity index (χ1v) is 10.8. The van der Waals surface area contributed by atoms with Gasteiger partial charge in [0, 0.05) is 23.5 Å². The van der Waals surface area contributed by atoms with E-state index in [1.165, 1.54) is 28.4 Å². The number of amides is 1. The molecule has 10 heteroatoms. The second-order valence-corrected chi connectivity index (χ2v) is 8.56. The topological polar surface area (TPSA) is 36.4 Å². The van der Waals surface area contributed by atoms with Crippen molar-refractivity contribution in [1.29, 1.82) is 0 Å². The number of benzene rings is 2. The van der Waals surface area contributed by atoms with E-state index in [2.05, 4.69) is 4.98 Å². The fourth-order valence-electron chi connectivity index (χ4n) is 2.70. The summed E-state index contributed by atoms with van der Waals surface area (Å²) in [6.45, 7) is 0.869. The molecule has 0 fully saturated rings. The maximum Gasteiger partial charge on any atom is 0.416 e. The average molecular weight is 476 g/mol. The lowest BCUT2D eigenvalue weighted by Crippen LogP contribution is -2.36. The highest BCUT2D eigenvalue weighted by Gasteiger charge is 2.31. The van der Waals surface area contributed by atoms with E-state index in [1.54, 1.807) is 11.8 Å². The molecule has 0 N–H and O–H groups in total. The molecular weight excluding hydrogens is 455 g/mol. The minimum absolute atomic E-state index is 0. The lowest BCUT2D eigenvalue weighted by atomic mass is 10.1. The van der Waals surface area contributed by atoms with Crippen molar-refractivity contribution in [2.75, 3.05) is 38.3 Å². The van der Waals surface area contributed by atoms with Gasteiger partial charge in [-0.15, -0.1) is 24.2 Å². The highest BCUT2D eigenvalue weighted by atomic mass is 35.5. The third kappa shape index (κ3) is 5.66. The van der Waals surface area contributed by atoms with Crippen molar-refractivity contribution in [3.05, 3.63) is 53.6 Å². The first-order valence-electron chi connectivity index (χ1n) is 8.77. The lowest BCUT2D eigenvalue weighted by molar-refractivity contribution is -0.137. The molecule has 1 heterocycles. The van der Waals surface area contributed by atoms with Crippen LogP contribution in [0.25, 0.3) is 10.2 Å². The Morgan fingerprint density at radius 1 is 1.13 bits per heavy atom. The van der Waals surface area contributed by atoms with E-state index in [1.807, 2.05) is 43.5 Å². The van der Waals surface area contributed by atoms with Crippen LogP contribution in [0.15, 0.2) is 47.4 Å². The van der Waals surface area contributed by atoms with E-state index in [9.17, 15) is 18.0 Å². The summed E-state index contributed by atoms with van der Waals surface area (Å²) in [5.41, 5.74) is -0.0954. The summed E-state index contributed by atoms with van der Waals surface area (Å²) >= 11 is 2.97. The molecule has 0 aliphatic heterocycles. The third-order valence-corrected chi connectivity index (χ3v) is 6.03. The number of nitrogens with zero attached hydrogens (tertiary/aromatic N) is 3. The number of likely N-dealkylation sites (N-methyl/N-ethyl adjacent to an activating group) is 1. The minimum Gasteiger partial charge on any atom is -0.308 e. The fourth-order valence-corrected chi connectivity index (χ4v) is 4.25. The zero-order valence-electron chi connectivity index (χ0n) is 16.6. The summed E-state index contributed by atoms with van der Waals surface area (Å²) in [5.74, 6) is -0.498. The van der Waals surface area contributed by atoms with Crippen LogP contribution in [0.2, 0.25) is 0 Å². The Morgan fingerprint density at radius 3 is 2.50 bits per heavy atom. The Morgan fingerprint density at radius 2 is 1.87 bits per heavy atom. The second kappa shape index (κ2) is 10.00. The van der Waals surface area contributed by atoms with Crippen molar-refractivity contribution in [2.24, 2.45) is 0 Å². The number of aromatic nitrogens is 1. The molecule has 0 aliphatic rings. The van der Waals surface area contributed by atoms with Crippen LogP contribution >= 0.6 is 35.5 Å². The standard InChI is InChI=1S/C20H20F3N3OS2.ClH/c1-25(2)9-10-26(18(27)13-5-4-6-14(11-13)20(21,22)23)19-24-16-8-7-15(28-3)12-17(16)29-19;/h4-8,11-12H,9-10H2,1-3H3;1H. The van der Waals surface area contributed by atoms with E-state index < -0.39 is 17.6 Å². The molecule has 0 spiro atoms. The predicted molar refractivity (Wildman–Crippen MR) is 120 cm³/mol. The average Bonchev–Trinajstić information content (AvgIpc) is 3.09. The van der Waals surface area contributed by atoms with Crippen LogP contribution in [0, 0.1) is 0 Å². The van der Waals surface area contributed by atoms with Crippen molar-refractivity contribution in [3.63, 3.8) is 0 Å². The first-order chi connectivity index (χ1) is 13.7. The highest BCUT2D eigenvalue weighted by molar-refractivity contribution is 7.98. The Bertz CT molecular complexity index is 1020. The summed E-state index contributed by atoms with van der Waals surface area (Å²) in [6.07, 6.45) is -2.53. The number of hydrogen-bond donors (Lipinski definition) is 0. The summed E-state index contributed by atoms with van der Waals surface area (Å²) in [5, 5.41) is 0.475. The number of rotatable bonds is 6. The van der Waals surface area contributed by atoms with Crippen LogP contribution < -0.4 is 4.90 Å². The molecule has 3 aromatic rings. The van der Waals surface area contributed by atoms with Gasteiger partial charge in [-0.2, -0.15) is 13.2 Å². The van der Waals surface area contributed by atoms with Gasteiger partial charge < -0.3 is 4.90 Å². The zero-order valence-corrected chi connectivity index (χ0v) is 19.0. The van der Waals surface area contributed by atoms with Crippen LogP contribution in [0.4, 0.5) is 18.3 Å². The van der Waals surface area contributed by atoms with Gasteiger partial charge in [0.2, 0.25) is 0 Å². The molecule has 0 saturated carbocycles. The SMILES string of the molecule is CSc1ccc2nc(N(CCN(C)C)C(=O)c3cccc(C(F)(F)F)c3)sc2c1.Cl. The molecule has 4 nitrogen and oxygen atoms in total. The van der Waals surface area contributed by atoms with Crippen molar-refractivity contribution < 1.29 is 18.0 Å². The van der Waals surface area contributed by atoms with Gasteiger partial charge in [-0.05, 0) is 56.7 Å². The number of thioether (sulfide) groups is 1. The zero-order chi connectivity index (χ0) is 21.2. The minimum atomic E-state index is -4.51. The molecule has 0 aliphatic carbocycles. The Labute approximate surface area is 187 Å². The van der Waals surface area contributed by atoms with E-state index >= 15 is 0 Å². The summed E-state index contributed by atoms with van der Waals surface area (Å²) in [6, 6.07) is 10.4. The largest absolute Gasteiger partial charge is 0.416 e. The highest BCUT2D eigenvalue weighted by Crippen LogP contribution is 2.33. The number of fused-ring (bicyclic) bond motifs is 1. The van der Waals surface area contributed by atoms with Gasteiger partial charge in [0.1, 0.15) is 0 Å². The van der Waals surface area contributed by atoms with Crippen LogP contribution in [0.3, 0.4) is 0 Å². The lowest BCUT2D eigenvalue weighted by Gasteiger charge is -2.22. The van der Waals surface area contributed by atoms with Gasteiger partial charge in [-0.1, -0.05) is 17.4 Å². The van der Waals surface area contributed by atoms with Gasteiger partial charge in [0.15, 0.2) is 5.13 Å². The molecule has 1 aromatic heterocycles. The Kier molecular flexibility index (Phi) is 8.15. The van der Waals surface area contributed by atoms with E-state index in [0.717, 1.165) is 27.2 Å². The molecule has 0 unspecified atom stereocenters. The molecule has 0 saturated heterocycles. The van der Waals surface area contributed by atoms with Crippen molar-refractivity contribution >= 4 is 56.8 Å². The normalized spacial score (nSPS) is 11.6. The van der Waals surface area contributed by atoms with Crippen LogP contribution in [-0.2, 0) is 6.18 Å². The van der Waals surface area contributed by atoms with E-state index in [0.29, 0.717) is 18.2 Å². The van der Waals surface area contributed by atoms with Gasteiger partial charge in [-0.25, -0.2) is 4.98 Å². The van der Waals surface area contributed by atoms with E-state index in [-0.39, 0.29) is 18.0 Å². The number of carbonyl (C=O) groups excluding carboxylic acids is 1. The van der Waals surface area contributed by atoms with Crippen molar-refractivity contribution in [1.82, 2.24) is 9.88 Å². The monoisotopic (exact) mass is 475 g/mol. The van der Waals surface area contributed by atoms with Crippen LogP contribution in [-0.4, -0.2) is 49.2 Å². The maximum absolute atomic E-state index is 13.1. The Balaban J connectivity index is 0.00000320. The smallest absolute Gasteiger partial charge is 0.308 e. The number of carbonyl (C=O) groups is 1. The molecule has 2 aromatic carbocycles. The summed E-state index contributed by atoms with van der Waals surface area (Å²) < 4.78 is 40.2. The first kappa shape index (κ1) is 24.5. The number of alkyl halides is 3. The third-order valence-electron chi connectivity index (χ3n) is 4.27. The fraction of sp³-hybridized carbons (Fsp3) is 0.300. The quantitative estimate of drug-likeness (QED) is 0.430. The molecule has 162 valence electrons. The maximum atomic E-state index is 13.1. The molecule has 0 atom stereocenters. The number of anilines is 1. The molecule has 0 radical (unpaired) electrons. The van der Waals surface area contributed by atoms with Crippen LogP contribution in [0.5, 0.6) is 0 Å². The summed E-state index contributed by atoms with van der Waals surface area (Å²) in [7, 11) is 3.74. The molecule has 3 rings (SSSR count). The van der Waals surface area contributed by atoms with Crippen LogP contribution in [0.1, 0.15) is 15.9 Å². The number of halogens is 4. The second-order valence-electron chi connectivity index (χ2n) is 6.67. The summed E-state index contributed by atoms with van der Waals surface area (Å²) in [4.78, 5) is 22.1.